The third-order valence-corrected chi connectivity index (χ3v) is 4.84. The zero-order valence-corrected chi connectivity index (χ0v) is 13.5. The second-order valence-corrected chi connectivity index (χ2v) is 6.27. The molecule has 0 aliphatic carbocycles. The standard InChI is InChI=1S/C18H30N2/c1-5-15-7-9-16(10-8-15)18(6-2)19-17-11-12-20(4)14(3)13-17/h7-10,14,17-19H,5-6,11-13H2,1-4H3. The Balaban J connectivity index is 1.97. The second-order valence-electron chi connectivity index (χ2n) is 6.27. The Morgan fingerprint density at radius 3 is 2.50 bits per heavy atom. The van der Waals surface area contributed by atoms with Crippen LogP contribution >= 0.6 is 0 Å². The molecule has 3 unspecified atom stereocenters. The summed E-state index contributed by atoms with van der Waals surface area (Å²) in [5, 5.41) is 3.88. The first-order valence-electron chi connectivity index (χ1n) is 8.19. The van der Waals surface area contributed by atoms with Gasteiger partial charge in [-0.05, 0) is 57.3 Å². The lowest BCUT2D eigenvalue weighted by molar-refractivity contribution is 0.161. The average Bonchev–Trinajstić information content (AvgIpc) is 2.48. The fraction of sp³-hybridized carbons (Fsp3) is 0.667. The van der Waals surface area contributed by atoms with E-state index in [0.29, 0.717) is 18.1 Å². The molecule has 0 radical (unpaired) electrons. The van der Waals surface area contributed by atoms with Gasteiger partial charge in [-0.3, -0.25) is 0 Å². The molecule has 0 saturated carbocycles. The molecule has 1 aliphatic rings. The van der Waals surface area contributed by atoms with E-state index in [1.54, 1.807) is 0 Å². The molecule has 1 aromatic carbocycles. The number of rotatable bonds is 5. The molecule has 1 aliphatic heterocycles. The summed E-state index contributed by atoms with van der Waals surface area (Å²) in [6, 6.07) is 11.0. The van der Waals surface area contributed by atoms with Gasteiger partial charge in [0.15, 0.2) is 0 Å². The number of nitrogens with one attached hydrogen (secondary N) is 1. The summed E-state index contributed by atoms with van der Waals surface area (Å²) >= 11 is 0. The zero-order chi connectivity index (χ0) is 14.5. The molecule has 1 heterocycles. The van der Waals surface area contributed by atoms with Crippen LogP contribution < -0.4 is 5.32 Å². The van der Waals surface area contributed by atoms with Crippen molar-refractivity contribution >= 4 is 0 Å². The van der Waals surface area contributed by atoms with Crippen molar-refractivity contribution in [3.63, 3.8) is 0 Å². The molecule has 1 aromatic rings. The van der Waals surface area contributed by atoms with E-state index in [1.165, 1.54) is 30.5 Å². The summed E-state index contributed by atoms with van der Waals surface area (Å²) in [4.78, 5) is 2.47. The summed E-state index contributed by atoms with van der Waals surface area (Å²) in [5.41, 5.74) is 2.87. The van der Waals surface area contributed by atoms with Crippen molar-refractivity contribution in [3.8, 4) is 0 Å². The highest BCUT2D eigenvalue weighted by Crippen LogP contribution is 2.22. The summed E-state index contributed by atoms with van der Waals surface area (Å²) in [6.07, 6.45) is 4.81. The van der Waals surface area contributed by atoms with Gasteiger partial charge in [0, 0.05) is 18.1 Å². The molecule has 1 saturated heterocycles. The molecular weight excluding hydrogens is 244 g/mol. The first kappa shape index (κ1) is 15.5. The van der Waals surface area contributed by atoms with Crippen LogP contribution in [0.15, 0.2) is 24.3 Å². The van der Waals surface area contributed by atoms with Gasteiger partial charge in [-0.15, -0.1) is 0 Å². The highest BCUT2D eigenvalue weighted by Gasteiger charge is 2.24. The predicted octanol–water partition coefficient (Wildman–Crippen LogP) is 3.77. The quantitative estimate of drug-likeness (QED) is 0.879. The van der Waals surface area contributed by atoms with E-state index >= 15 is 0 Å². The fourth-order valence-electron chi connectivity index (χ4n) is 3.16. The summed E-state index contributed by atoms with van der Waals surface area (Å²) in [6.45, 7) is 8.04. The smallest absolute Gasteiger partial charge is 0.0320 e. The molecule has 2 rings (SSSR count). The number of aryl methyl sites for hydroxylation is 1. The Hall–Kier alpha value is -0.860. The summed E-state index contributed by atoms with van der Waals surface area (Å²) < 4.78 is 0. The van der Waals surface area contributed by atoms with Crippen molar-refractivity contribution in [1.82, 2.24) is 10.2 Å². The predicted molar refractivity (Wildman–Crippen MR) is 87.1 cm³/mol. The molecule has 2 nitrogen and oxygen atoms in total. The van der Waals surface area contributed by atoms with Crippen LogP contribution in [0.25, 0.3) is 0 Å². The molecule has 3 atom stereocenters. The van der Waals surface area contributed by atoms with E-state index < -0.39 is 0 Å². The van der Waals surface area contributed by atoms with Gasteiger partial charge in [0.05, 0.1) is 0 Å². The number of benzene rings is 1. The van der Waals surface area contributed by atoms with Crippen LogP contribution in [0.5, 0.6) is 0 Å². The van der Waals surface area contributed by atoms with E-state index in [4.69, 9.17) is 0 Å². The average molecular weight is 274 g/mol. The van der Waals surface area contributed by atoms with Crippen molar-refractivity contribution in [2.45, 2.75) is 64.6 Å². The van der Waals surface area contributed by atoms with Crippen LogP contribution in [0.4, 0.5) is 0 Å². The van der Waals surface area contributed by atoms with E-state index in [9.17, 15) is 0 Å². The van der Waals surface area contributed by atoms with Crippen LogP contribution in [0, 0.1) is 0 Å². The minimum absolute atomic E-state index is 0.501. The van der Waals surface area contributed by atoms with E-state index in [2.05, 4.69) is 62.3 Å². The SMILES string of the molecule is CCc1ccc(C(CC)NC2CCN(C)C(C)C2)cc1. The molecule has 0 aromatic heterocycles. The fourth-order valence-corrected chi connectivity index (χ4v) is 3.16. The molecule has 0 bridgehead atoms. The van der Waals surface area contributed by atoms with Crippen LogP contribution in [-0.2, 0) is 6.42 Å². The number of hydrogen-bond donors (Lipinski definition) is 1. The number of likely N-dealkylation sites (tertiary alicyclic amines) is 1. The molecule has 0 amide bonds. The van der Waals surface area contributed by atoms with Gasteiger partial charge < -0.3 is 10.2 Å². The molecule has 1 fully saturated rings. The maximum Gasteiger partial charge on any atom is 0.0320 e. The molecule has 1 N–H and O–H groups in total. The van der Waals surface area contributed by atoms with E-state index in [0.717, 1.165) is 12.8 Å². The second kappa shape index (κ2) is 7.24. The number of piperidine rings is 1. The highest BCUT2D eigenvalue weighted by atomic mass is 15.1. The Morgan fingerprint density at radius 1 is 1.25 bits per heavy atom. The zero-order valence-electron chi connectivity index (χ0n) is 13.5. The van der Waals surface area contributed by atoms with Crippen molar-refractivity contribution in [1.29, 1.82) is 0 Å². The lowest BCUT2D eigenvalue weighted by Crippen LogP contribution is -2.46. The van der Waals surface area contributed by atoms with Gasteiger partial charge >= 0.3 is 0 Å². The third-order valence-electron chi connectivity index (χ3n) is 4.84. The number of hydrogen-bond acceptors (Lipinski definition) is 2. The Labute approximate surface area is 124 Å². The summed E-state index contributed by atoms with van der Waals surface area (Å²) in [5.74, 6) is 0. The third kappa shape index (κ3) is 3.83. The first-order chi connectivity index (χ1) is 9.63. The minimum atomic E-state index is 0.501. The Kier molecular flexibility index (Phi) is 5.62. The first-order valence-corrected chi connectivity index (χ1v) is 8.19. The molecule has 0 spiro atoms. The molecule has 112 valence electrons. The number of nitrogens with zero attached hydrogens (tertiary/aromatic N) is 1. The van der Waals surface area contributed by atoms with Crippen LogP contribution in [0.2, 0.25) is 0 Å². The van der Waals surface area contributed by atoms with Gasteiger partial charge in [-0.1, -0.05) is 38.1 Å². The van der Waals surface area contributed by atoms with Gasteiger partial charge in [0.25, 0.3) is 0 Å². The maximum atomic E-state index is 3.88. The van der Waals surface area contributed by atoms with Crippen molar-refractivity contribution in [3.05, 3.63) is 35.4 Å². The largest absolute Gasteiger partial charge is 0.307 e. The highest BCUT2D eigenvalue weighted by molar-refractivity contribution is 5.25. The van der Waals surface area contributed by atoms with E-state index in [-0.39, 0.29) is 0 Å². The van der Waals surface area contributed by atoms with Crippen molar-refractivity contribution in [2.24, 2.45) is 0 Å². The molecule has 2 heteroatoms. The van der Waals surface area contributed by atoms with Gasteiger partial charge in [0.2, 0.25) is 0 Å². The van der Waals surface area contributed by atoms with Crippen LogP contribution in [-0.4, -0.2) is 30.6 Å². The Morgan fingerprint density at radius 2 is 1.95 bits per heavy atom. The van der Waals surface area contributed by atoms with Gasteiger partial charge in [0.1, 0.15) is 0 Å². The maximum absolute atomic E-state index is 3.88. The Bertz CT molecular complexity index is 398. The monoisotopic (exact) mass is 274 g/mol. The van der Waals surface area contributed by atoms with Gasteiger partial charge in [-0.2, -0.15) is 0 Å². The van der Waals surface area contributed by atoms with Crippen molar-refractivity contribution < 1.29 is 0 Å². The van der Waals surface area contributed by atoms with Crippen LogP contribution in [0.3, 0.4) is 0 Å². The van der Waals surface area contributed by atoms with Gasteiger partial charge in [-0.25, -0.2) is 0 Å². The lowest BCUT2D eigenvalue weighted by Gasteiger charge is -2.37. The minimum Gasteiger partial charge on any atom is -0.307 e. The molecular formula is C18H30N2. The topological polar surface area (TPSA) is 15.3 Å². The lowest BCUT2D eigenvalue weighted by atomic mass is 9.95. The molecule has 20 heavy (non-hydrogen) atoms. The van der Waals surface area contributed by atoms with Crippen LogP contribution in [0.1, 0.15) is 57.2 Å². The normalized spacial score (nSPS) is 25.6. The van der Waals surface area contributed by atoms with E-state index in [1.807, 2.05) is 0 Å². The van der Waals surface area contributed by atoms with Crippen molar-refractivity contribution in [2.75, 3.05) is 13.6 Å². The summed E-state index contributed by atoms with van der Waals surface area (Å²) in [7, 11) is 2.24.